The second-order valence-corrected chi connectivity index (χ2v) is 5.49. The minimum absolute atomic E-state index is 0.0923. The summed E-state index contributed by atoms with van der Waals surface area (Å²) in [5.41, 5.74) is 0.458. The number of carbonyl (C=O) groups is 1. The second kappa shape index (κ2) is 4.84. The molecule has 0 atom stereocenters. The largest absolute Gasteiger partial charge is 0.481 e. The number of hydrogen-bond donors (Lipinski definition) is 3. The van der Waals surface area contributed by atoms with Crippen LogP contribution in [-0.2, 0) is 4.79 Å². The number of rotatable bonds is 4. The molecule has 1 fully saturated rings. The summed E-state index contributed by atoms with van der Waals surface area (Å²) in [5.74, 6) is -0.802. The van der Waals surface area contributed by atoms with Gasteiger partial charge in [0.05, 0.1) is 12.0 Å². The Balaban J connectivity index is 2.15. The second-order valence-electron chi connectivity index (χ2n) is 4.20. The molecule has 1 aliphatic rings. The van der Waals surface area contributed by atoms with Crippen molar-refractivity contribution in [3.63, 3.8) is 0 Å². The molecule has 0 unspecified atom stereocenters. The summed E-state index contributed by atoms with van der Waals surface area (Å²) in [7, 11) is 0. The lowest BCUT2D eigenvalue weighted by Gasteiger charge is -2.43. The molecule has 1 heterocycles. The van der Waals surface area contributed by atoms with E-state index in [0.717, 1.165) is 10.2 Å². The molecule has 0 saturated carbocycles. The van der Waals surface area contributed by atoms with E-state index in [1.165, 1.54) is 0 Å². The first-order valence-electron chi connectivity index (χ1n) is 5.17. The number of nitrogens with one attached hydrogen (secondary N) is 2. The van der Waals surface area contributed by atoms with Crippen LogP contribution < -0.4 is 10.6 Å². The summed E-state index contributed by atoms with van der Waals surface area (Å²) in [6.45, 7) is 1.29. The highest BCUT2D eigenvalue weighted by molar-refractivity contribution is 9.10. The fourth-order valence-electron chi connectivity index (χ4n) is 1.85. The van der Waals surface area contributed by atoms with Gasteiger partial charge in [0, 0.05) is 28.3 Å². The van der Waals surface area contributed by atoms with Crippen LogP contribution in [0, 0.1) is 0 Å². The Bertz CT molecular complexity index is 449. The first kappa shape index (κ1) is 12.7. The molecule has 0 spiro atoms. The molecular weight excluding hydrogens is 307 g/mol. The van der Waals surface area contributed by atoms with Crippen LogP contribution >= 0.6 is 27.5 Å². The first-order chi connectivity index (χ1) is 8.01. The van der Waals surface area contributed by atoms with E-state index in [9.17, 15) is 4.79 Å². The fourth-order valence-corrected chi connectivity index (χ4v) is 2.63. The Hall–Kier alpha value is -0.780. The maximum Gasteiger partial charge on any atom is 0.305 e. The van der Waals surface area contributed by atoms with Crippen LogP contribution in [0.2, 0.25) is 5.02 Å². The lowest BCUT2D eigenvalue weighted by Crippen LogP contribution is -2.65. The zero-order chi connectivity index (χ0) is 12.5. The van der Waals surface area contributed by atoms with Crippen molar-refractivity contribution in [3.05, 3.63) is 27.7 Å². The molecule has 0 amide bonds. The molecule has 4 nitrogen and oxygen atoms in total. The van der Waals surface area contributed by atoms with Crippen LogP contribution in [0.25, 0.3) is 0 Å². The Kier molecular flexibility index (Phi) is 3.61. The molecule has 1 aliphatic heterocycles. The lowest BCUT2D eigenvalue weighted by atomic mass is 9.88. The number of hydrogen-bond acceptors (Lipinski definition) is 3. The molecule has 1 saturated heterocycles. The third kappa shape index (κ3) is 2.91. The molecule has 92 valence electrons. The van der Waals surface area contributed by atoms with Crippen molar-refractivity contribution >= 4 is 39.2 Å². The molecule has 6 heteroatoms. The molecule has 1 aromatic carbocycles. The average molecular weight is 320 g/mol. The molecule has 17 heavy (non-hydrogen) atoms. The summed E-state index contributed by atoms with van der Waals surface area (Å²) in [5, 5.41) is 15.9. The summed E-state index contributed by atoms with van der Waals surface area (Å²) in [6, 6.07) is 5.40. The van der Waals surface area contributed by atoms with Gasteiger partial charge < -0.3 is 15.7 Å². The Morgan fingerprint density at radius 1 is 1.59 bits per heavy atom. The van der Waals surface area contributed by atoms with Gasteiger partial charge in [-0.15, -0.1) is 0 Å². The Morgan fingerprint density at radius 3 is 2.76 bits per heavy atom. The van der Waals surface area contributed by atoms with Gasteiger partial charge in [-0.1, -0.05) is 11.6 Å². The fraction of sp³-hybridized carbons (Fsp3) is 0.364. The molecular formula is C11H12BrClN2O2. The molecule has 0 aliphatic carbocycles. The predicted molar refractivity (Wildman–Crippen MR) is 70.6 cm³/mol. The van der Waals surface area contributed by atoms with Gasteiger partial charge in [0.25, 0.3) is 0 Å². The quantitative estimate of drug-likeness (QED) is 0.797. The number of carboxylic acid groups (broad SMARTS) is 1. The molecule has 3 N–H and O–H groups in total. The van der Waals surface area contributed by atoms with Gasteiger partial charge in [-0.3, -0.25) is 4.79 Å². The maximum absolute atomic E-state index is 10.8. The van der Waals surface area contributed by atoms with Gasteiger partial charge in [-0.25, -0.2) is 0 Å². The minimum Gasteiger partial charge on any atom is -0.481 e. The third-order valence-electron chi connectivity index (χ3n) is 2.75. The zero-order valence-electron chi connectivity index (χ0n) is 8.96. The van der Waals surface area contributed by atoms with Crippen LogP contribution in [0.3, 0.4) is 0 Å². The number of carboxylic acids is 1. The van der Waals surface area contributed by atoms with E-state index in [2.05, 4.69) is 26.6 Å². The standard InChI is InChI=1S/C11H12BrClN2O2/c12-8-3-7(13)1-2-9(8)15-11(4-10(16)17)5-14-6-11/h1-3,14-15H,4-6H2,(H,16,17). The average Bonchev–Trinajstić information content (AvgIpc) is 2.18. The van der Waals surface area contributed by atoms with Crippen molar-refractivity contribution in [2.24, 2.45) is 0 Å². The van der Waals surface area contributed by atoms with E-state index in [0.29, 0.717) is 18.1 Å². The number of aliphatic carboxylic acids is 1. The molecule has 0 bridgehead atoms. The van der Waals surface area contributed by atoms with E-state index in [1.807, 2.05) is 6.07 Å². The van der Waals surface area contributed by atoms with Gasteiger partial charge in [-0.05, 0) is 34.1 Å². The maximum atomic E-state index is 10.8. The summed E-state index contributed by atoms with van der Waals surface area (Å²) in [6.07, 6.45) is 0.0923. The SMILES string of the molecule is O=C(O)CC1(Nc2ccc(Cl)cc2Br)CNC1. The zero-order valence-corrected chi connectivity index (χ0v) is 11.3. The van der Waals surface area contributed by atoms with Crippen molar-refractivity contribution in [2.75, 3.05) is 18.4 Å². The van der Waals surface area contributed by atoms with E-state index in [4.69, 9.17) is 16.7 Å². The van der Waals surface area contributed by atoms with Crippen molar-refractivity contribution in [3.8, 4) is 0 Å². The topological polar surface area (TPSA) is 61.4 Å². The van der Waals surface area contributed by atoms with Crippen molar-refractivity contribution < 1.29 is 9.90 Å². The minimum atomic E-state index is -0.802. The summed E-state index contributed by atoms with van der Waals surface area (Å²) in [4.78, 5) is 10.8. The predicted octanol–water partition coefficient (Wildman–Crippen LogP) is 2.33. The number of anilines is 1. The highest BCUT2D eigenvalue weighted by Crippen LogP contribution is 2.30. The Labute approximate surface area is 112 Å². The van der Waals surface area contributed by atoms with Crippen LogP contribution in [0.4, 0.5) is 5.69 Å². The van der Waals surface area contributed by atoms with Crippen LogP contribution in [0.15, 0.2) is 22.7 Å². The summed E-state index contributed by atoms with van der Waals surface area (Å²) >= 11 is 9.26. The monoisotopic (exact) mass is 318 g/mol. The van der Waals surface area contributed by atoms with Crippen molar-refractivity contribution in [2.45, 2.75) is 12.0 Å². The van der Waals surface area contributed by atoms with Gasteiger partial charge in [0.15, 0.2) is 0 Å². The summed E-state index contributed by atoms with van der Waals surface area (Å²) < 4.78 is 0.835. The van der Waals surface area contributed by atoms with E-state index in [-0.39, 0.29) is 6.42 Å². The van der Waals surface area contributed by atoms with Crippen LogP contribution in [0.5, 0.6) is 0 Å². The highest BCUT2D eigenvalue weighted by atomic mass is 79.9. The number of halogens is 2. The van der Waals surface area contributed by atoms with Crippen molar-refractivity contribution in [1.82, 2.24) is 5.32 Å². The normalized spacial score (nSPS) is 17.3. The molecule has 1 aromatic rings. The number of benzene rings is 1. The molecule has 2 rings (SSSR count). The molecule has 0 aromatic heterocycles. The highest BCUT2D eigenvalue weighted by Gasteiger charge is 2.39. The van der Waals surface area contributed by atoms with Crippen LogP contribution in [0.1, 0.15) is 6.42 Å². The first-order valence-corrected chi connectivity index (χ1v) is 6.34. The third-order valence-corrected chi connectivity index (χ3v) is 3.64. The van der Waals surface area contributed by atoms with Gasteiger partial charge in [-0.2, -0.15) is 0 Å². The van der Waals surface area contributed by atoms with Gasteiger partial charge in [0.2, 0.25) is 0 Å². The van der Waals surface area contributed by atoms with Gasteiger partial charge in [0.1, 0.15) is 0 Å². The Morgan fingerprint density at radius 2 is 2.29 bits per heavy atom. The smallest absolute Gasteiger partial charge is 0.305 e. The van der Waals surface area contributed by atoms with Crippen LogP contribution in [-0.4, -0.2) is 29.7 Å². The van der Waals surface area contributed by atoms with E-state index in [1.54, 1.807) is 12.1 Å². The van der Waals surface area contributed by atoms with E-state index >= 15 is 0 Å². The van der Waals surface area contributed by atoms with Gasteiger partial charge >= 0.3 is 5.97 Å². The molecule has 0 radical (unpaired) electrons. The van der Waals surface area contributed by atoms with Crippen molar-refractivity contribution in [1.29, 1.82) is 0 Å². The lowest BCUT2D eigenvalue weighted by molar-refractivity contribution is -0.138. The van der Waals surface area contributed by atoms with E-state index < -0.39 is 11.5 Å².